The van der Waals surface area contributed by atoms with Gasteiger partial charge in [0.25, 0.3) is 5.91 Å². The van der Waals surface area contributed by atoms with Crippen LogP contribution in [0.25, 0.3) is 0 Å². The molecule has 0 bridgehead atoms. The molecule has 4 nitrogen and oxygen atoms in total. The van der Waals surface area contributed by atoms with E-state index in [2.05, 4.69) is 21.2 Å². The molecular weight excluding hydrogens is 317 g/mol. The molecule has 6 heteroatoms. The molecule has 0 aliphatic heterocycles. The van der Waals surface area contributed by atoms with E-state index in [9.17, 15) is 14.0 Å². The second-order valence-corrected chi connectivity index (χ2v) is 6.09. The zero-order valence-electron chi connectivity index (χ0n) is 10.8. The number of rotatable bonds is 3. The summed E-state index contributed by atoms with van der Waals surface area (Å²) >= 11 is 2.98. The minimum absolute atomic E-state index is 0.155. The van der Waals surface area contributed by atoms with E-state index in [1.807, 2.05) is 0 Å². The van der Waals surface area contributed by atoms with Crippen LogP contribution >= 0.6 is 15.9 Å². The largest absolute Gasteiger partial charge is 0.480 e. The lowest BCUT2D eigenvalue weighted by Crippen LogP contribution is -2.49. The molecular formula is C13H15BrFNO3. The number of halogens is 2. The van der Waals surface area contributed by atoms with E-state index < -0.39 is 29.2 Å². The van der Waals surface area contributed by atoms with E-state index in [0.717, 1.165) is 6.07 Å². The molecule has 0 radical (unpaired) electrons. The fourth-order valence-corrected chi connectivity index (χ4v) is 1.88. The van der Waals surface area contributed by atoms with Crippen molar-refractivity contribution in [2.24, 2.45) is 5.41 Å². The van der Waals surface area contributed by atoms with Crippen LogP contribution in [0.15, 0.2) is 22.7 Å². The van der Waals surface area contributed by atoms with Crippen molar-refractivity contribution >= 4 is 27.8 Å². The molecule has 0 unspecified atom stereocenters. The molecule has 0 spiro atoms. The number of nitrogens with one attached hydrogen (secondary N) is 1. The maximum absolute atomic E-state index is 13.1. The van der Waals surface area contributed by atoms with Gasteiger partial charge in [-0.05, 0) is 39.5 Å². The monoisotopic (exact) mass is 331 g/mol. The van der Waals surface area contributed by atoms with E-state index >= 15 is 0 Å². The lowest BCUT2D eigenvalue weighted by molar-refractivity contribution is -0.142. The number of hydrogen-bond acceptors (Lipinski definition) is 2. The molecule has 0 saturated carbocycles. The van der Waals surface area contributed by atoms with Crippen molar-refractivity contribution in [2.75, 3.05) is 0 Å². The van der Waals surface area contributed by atoms with Gasteiger partial charge in [-0.3, -0.25) is 4.79 Å². The van der Waals surface area contributed by atoms with Gasteiger partial charge in [0.1, 0.15) is 11.9 Å². The Balaban J connectivity index is 2.94. The zero-order chi connectivity index (χ0) is 14.8. The van der Waals surface area contributed by atoms with E-state index in [4.69, 9.17) is 5.11 Å². The van der Waals surface area contributed by atoms with Crippen LogP contribution in [0.5, 0.6) is 0 Å². The Kier molecular flexibility index (Phi) is 4.68. The number of amides is 1. The topological polar surface area (TPSA) is 66.4 Å². The first-order valence-corrected chi connectivity index (χ1v) is 6.41. The van der Waals surface area contributed by atoms with Crippen molar-refractivity contribution in [3.8, 4) is 0 Å². The number of carboxylic acids is 1. The third kappa shape index (κ3) is 4.02. The quantitative estimate of drug-likeness (QED) is 0.894. The number of benzene rings is 1. The number of hydrogen-bond donors (Lipinski definition) is 2. The molecule has 0 heterocycles. The molecule has 19 heavy (non-hydrogen) atoms. The summed E-state index contributed by atoms with van der Waals surface area (Å²) in [6.07, 6.45) is 0. The summed E-state index contributed by atoms with van der Waals surface area (Å²) in [5.41, 5.74) is -0.428. The van der Waals surface area contributed by atoms with E-state index in [-0.39, 0.29) is 10.0 Å². The van der Waals surface area contributed by atoms with Gasteiger partial charge in [-0.25, -0.2) is 9.18 Å². The lowest BCUT2D eigenvalue weighted by Gasteiger charge is -2.27. The van der Waals surface area contributed by atoms with Gasteiger partial charge in [0, 0.05) is 5.56 Å². The Hall–Kier alpha value is -1.43. The van der Waals surface area contributed by atoms with Gasteiger partial charge in [-0.1, -0.05) is 20.8 Å². The molecule has 0 aliphatic rings. The van der Waals surface area contributed by atoms with Crippen molar-refractivity contribution in [2.45, 2.75) is 26.8 Å². The maximum Gasteiger partial charge on any atom is 0.326 e. The molecule has 2 N–H and O–H groups in total. The van der Waals surface area contributed by atoms with Crippen LogP contribution < -0.4 is 5.32 Å². The van der Waals surface area contributed by atoms with Crippen LogP contribution in [0.3, 0.4) is 0 Å². The van der Waals surface area contributed by atoms with Gasteiger partial charge in [-0.15, -0.1) is 0 Å². The number of carboxylic acid groups (broad SMARTS) is 1. The molecule has 0 fully saturated rings. The van der Waals surface area contributed by atoms with Gasteiger partial charge >= 0.3 is 5.97 Å². The first kappa shape index (κ1) is 15.6. The molecule has 1 amide bonds. The smallest absolute Gasteiger partial charge is 0.326 e. The lowest BCUT2D eigenvalue weighted by atomic mass is 9.86. The molecule has 0 aromatic heterocycles. The predicted molar refractivity (Wildman–Crippen MR) is 72.4 cm³/mol. The second kappa shape index (κ2) is 5.69. The molecule has 1 aromatic rings. The standard InChI is InChI=1S/C13H15BrFNO3/c1-13(2,3)10(12(18)19)16-11(17)7-4-5-9(15)8(14)6-7/h4-6,10H,1-3H3,(H,16,17)(H,18,19)/t10-/m1/s1. The van der Waals surface area contributed by atoms with Gasteiger partial charge in [0.2, 0.25) is 0 Å². The number of aliphatic carboxylic acids is 1. The van der Waals surface area contributed by atoms with Crippen molar-refractivity contribution in [1.29, 1.82) is 0 Å². The SMILES string of the molecule is CC(C)(C)[C@H](NC(=O)c1ccc(F)c(Br)c1)C(=O)O. The zero-order valence-corrected chi connectivity index (χ0v) is 12.4. The van der Waals surface area contributed by atoms with Gasteiger partial charge < -0.3 is 10.4 Å². The maximum atomic E-state index is 13.1. The highest BCUT2D eigenvalue weighted by Gasteiger charge is 2.32. The van der Waals surface area contributed by atoms with Crippen LogP contribution in [0.4, 0.5) is 4.39 Å². The summed E-state index contributed by atoms with van der Waals surface area (Å²) < 4.78 is 13.2. The average molecular weight is 332 g/mol. The van der Waals surface area contributed by atoms with E-state index in [1.54, 1.807) is 20.8 Å². The Morgan fingerprint density at radius 1 is 1.37 bits per heavy atom. The Morgan fingerprint density at radius 3 is 2.37 bits per heavy atom. The third-order valence-corrected chi connectivity index (χ3v) is 3.18. The Bertz CT molecular complexity index is 511. The average Bonchev–Trinajstić information content (AvgIpc) is 2.27. The first-order chi connectivity index (χ1) is 8.62. The molecule has 1 rings (SSSR count). The first-order valence-electron chi connectivity index (χ1n) is 5.61. The highest BCUT2D eigenvalue weighted by Crippen LogP contribution is 2.21. The fraction of sp³-hybridized carbons (Fsp3) is 0.385. The predicted octanol–water partition coefficient (Wildman–Crippen LogP) is 2.82. The van der Waals surface area contributed by atoms with Crippen molar-refractivity contribution in [3.05, 3.63) is 34.1 Å². The molecule has 1 aromatic carbocycles. The van der Waals surface area contributed by atoms with Crippen molar-refractivity contribution in [3.63, 3.8) is 0 Å². The molecule has 0 aliphatic carbocycles. The highest BCUT2D eigenvalue weighted by atomic mass is 79.9. The van der Waals surface area contributed by atoms with Gasteiger partial charge in [0.05, 0.1) is 4.47 Å². The van der Waals surface area contributed by atoms with E-state index in [0.29, 0.717) is 0 Å². The second-order valence-electron chi connectivity index (χ2n) is 5.24. The third-order valence-electron chi connectivity index (χ3n) is 2.57. The molecule has 0 saturated heterocycles. The van der Waals surface area contributed by atoms with E-state index in [1.165, 1.54) is 12.1 Å². The normalized spacial score (nSPS) is 12.9. The molecule has 1 atom stereocenters. The Labute approximate surface area is 119 Å². The minimum Gasteiger partial charge on any atom is -0.480 e. The minimum atomic E-state index is -1.11. The number of carbonyl (C=O) groups excluding carboxylic acids is 1. The number of carbonyl (C=O) groups is 2. The van der Waals surface area contributed by atoms with Crippen LogP contribution in [0.2, 0.25) is 0 Å². The van der Waals surface area contributed by atoms with Crippen LogP contribution in [0.1, 0.15) is 31.1 Å². The summed E-state index contributed by atoms with van der Waals surface area (Å²) in [6.45, 7) is 5.14. The highest BCUT2D eigenvalue weighted by molar-refractivity contribution is 9.10. The summed E-state index contributed by atoms with van der Waals surface area (Å²) in [4.78, 5) is 23.1. The summed E-state index contributed by atoms with van der Waals surface area (Å²) in [5.74, 6) is -2.15. The Morgan fingerprint density at radius 2 is 1.95 bits per heavy atom. The van der Waals surface area contributed by atoms with Crippen LogP contribution in [-0.4, -0.2) is 23.0 Å². The molecule has 104 valence electrons. The van der Waals surface area contributed by atoms with Gasteiger partial charge in [0.15, 0.2) is 0 Å². The van der Waals surface area contributed by atoms with Crippen molar-refractivity contribution in [1.82, 2.24) is 5.32 Å². The summed E-state index contributed by atoms with van der Waals surface area (Å²) in [6, 6.07) is 2.73. The van der Waals surface area contributed by atoms with Crippen molar-refractivity contribution < 1.29 is 19.1 Å². The van der Waals surface area contributed by atoms with Gasteiger partial charge in [-0.2, -0.15) is 0 Å². The fourth-order valence-electron chi connectivity index (χ4n) is 1.50. The summed E-state index contributed by atoms with van der Waals surface area (Å²) in [5, 5.41) is 11.6. The van der Waals surface area contributed by atoms with Crippen LogP contribution in [0, 0.1) is 11.2 Å². The summed E-state index contributed by atoms with van der Waals surface area (Å²) in [7, 11) is 0. The van der Waals surface area contributed by atoms with Crippen LogP contribution in [-0.2, 0) is 4.79 Å².